The minimum atomic E-state index is -4.24. The predicted octanol–water partition coefficient (Wildman–Crippen LogP) is 8.57. The standard InChI is InChI=1S/C40H38ClN7O4S2/c1-28(26-53-33-8-3-2-4-9-33)44-37-18-16-34(24-39(37)48(49)50)54(51,52)45-40-36-17-15-32(23-38(36)42-27-43-40)47-21-19-46(20-22-47)25-30-7-5-6-10-35(30)29-11-13-31(41)14-12-29/h2-18,23-24,27-28,44H,19-22,25-26H2,1H3,(H,42,43,45)/t28-/m1/s1. The first-order valence-corrected chi connectivity index (χ1v) is 20.3. The SMILES string of the molecule is C[C@H](CSc1ccccc1)Nc1ccc(S(=O)(=O)Nc2ncnc3cc(N4CCN(Cc5ccccc5-c5ccc(Cl)cc5)CC4)ccc23)cc1[N+](=O)[O-]. The molecule has 0 radical (unpaired) electrons. The Kier molecular flexibility index (Phi) is 11.3. The molecule has 1 saturated heterocycles. The van der Waals surface area contributed by atoms with E-state index in [-0.39, 0.29) is 28.1 Å². The van der Waals surface area contributed by atoms with Gasteiger partial charge in [0, 0.05) is 71.6 Å². The summed E-state index contributed by atoms with van der Waals surface area (Å²) in [4.78, 5) is 25.7. The molecule has 0 amide bonds. The molecule has 2 heterocycles. The van der Waals surface area contributed by atoms with Crippen LogP contribution in [-0.2, 0) is 16.6 Å². The Morgan fingerprint density at radius 2 is 1.63 bits per heavy atom. The molecule has 0 spiro atoms. The summed E-state index contributed by atoms with van der Waals surface area (Å²) in [5.41, 5.74) is 5.05. The number of aromatic nitrogens is 2. The third-order valence-corrected chi connectivity index (χ3v) is 12.1. The van der Waals surface area contributed by atoms with Crippen molar-refractivity contribution in [2.24, 2.45) is 0 Å². The number of nitrogens with zero attached hydrogens (tertiary/aromatic N) is 5. The van der Waals surface area contributed by atoms with Crippen LogP contribution in [0.4, 0.5) is 22.9 Å². The van der Waals surface area contributed by atoms with Crippen molar-refractivity contribution in [3.8, 4) is 11.1 Å². The van der Waals surface area contributed by atoms with Crippen molar-refractivity contribution in [2.45, 2.75) is 29.3 Å². The first kappa shape index (κ1) is 37.1. The summed E-state index contributed by atoms with van der Waals surface area (Å²) in [6, 6.07) is 35.6. The van der Waals surface area contributed by atoms with Crippen molar-refractivity contribution in [3.63, 3.8) is 0 Å². The Labute approximate surface area is 323 Å². The number of hydrogen-bond donors (Lipinski definition) is 2. The Morgan fingerprint density at radius 1 is 0.889 bits per heavy atom. The van der Waals surface area contributed by atoms with E-state index in [0.29, 0.717) is 21.7 Å². The second-order valence-corrected chi connectivity index (χ2v) is 16.3. The lowest BCUT2D eigenvalue weighted by Gasteiger charge is -2.36. The lowest BCUT2D eigenvalue weighted by Crippen LogP contribution is -2.46. The number of sulfonamides is 1. The number of hydrogen-bond acceptors (Lipinski definition) is 10. The Morgan fingerprint density at radius 3 is 2.39 bits per heavy atom. The average molecular weight is 780 g/mol. The molecule has 276 valence electrons. The summed E-state index contributed by atoms with van der Waals surface area (Å²) in [6.07, 6.45) is 1.31. The molecular formula is C40H38ClN7O4S2. The zero-order valence-electron chi connectivity index (χ0n) is 29.4. The maximum absolute atomic E-state index is 13.6. The quantitative estimate of drug-likeness (QED) is 0.0667. The number of benzene rings is 5. The van der Waals surface area contributed by atoms with E-state index in [4.69, 9.17) is 11.6 Å². The number of anilines is 3. The van der Waals surface area contributed by atoms with Gasteiger partial charge in [-0.15, -0.1) is 11.8 Å². The fourth-order valence-electron chi connectivity index (χ4n) is 6.48. The number of piperazine rings is 1. The van der Waals surface area contributed by atoms with Crippen molar-refractivity contribution < 1.29 is 13.3 Å². The van der Waals surface area contributed by atoms with Gasteiger partial charge in [-0.2, -0.15) is 0 Å². The first-order chi connectivity index (χ1) is 26.1. The average Bonchev–Trinajstić information content (AvgIpc) is 3.18. The lowest BCUT2D eigenvalue weighted by molar-refractivity contribution is -0.384. The maximum Gasteiger partial charge on any atom is 0.293 e. The van der Waals surface area contributed by atoms with Crippen LogP contribution >= 0.6 is 23.4 Å². The largest absolute Gasteiger partial charge is 0.376 e. The number of nitrogens with one attached hydrogen (secondary N) is 2. The minimum absolute atomic E-state index is 0.0899. The normalized spacial score (nSPS) is 14.1. The van der Waals surface area contributed by atoms with Crippen molar-refractivity contribution >= 4 is 67.2 Å². The molecule has 1 atom stereocenters. The number of thioether (sulfide) groups is 1. The molecule has 0 unspecified atom stereocenters. The van der Waals surface area contributed by atoms with Crippen molar-refractivity contribution in [1.82, 2.24) is 14.9 Å². The molecule has 2 N–H and O–H groups in total. The number of rotatable bonds is 13. The highest BCUT2D eigenvalue weighted by Crippen LogP contribution is 2.32. The summed E-state index contributed by atoms with van der Waals surface area (Å²) < 4.78 is 29.7. The Balaban J connectivity index is 1.01. The second kappa shape index (κ2) is 16.4. The molecule has 6 aromatic rings. The van der Waals surface area contributed by atoms with Crippen LogP contribution in [0.5, 0.6) is 0 Å². The summed E-state index contributed by atoms with van der Waals surface area (Å²) in [7, 11) is -4.24. The first-order valence-electron chi connectivity index (χ1n) is 17.4. The minimum Gasteiger partial charge on any atom is -0.376 e. The van der Waals surface area contributed by atoms with Crippen LogP contribution in [0.2, 0.25) is 5.02 Å². The van der Waals surface area contributed by atoms with Gasteiger partial charge in [-0.1, -0.05) is 66.2 Å². The smallest absolute Gasteiger partial charge is 0.293 e. The van der Waals surface area contributed by atoms with Gasteiger partial charge in [-0.05, 0) is 78.2 Å². The molecule has 14 heteroatoms. The van der Waals surface area contributed by atoms with E-state index in [1.54, 1.807) is 11.8 Å². The van der Waals surface area contributed by atoms with E-state index in [2.05, 4.69) is 66.2 Å². The van der Waals surface area contributed by atoms with Crippen LogP contribution in [0.3, 0.4) is 0 Å². The van der Waals surface area contributed by atoms with E-state index in [1.165, 1.54) is 29.6 Å². The second-order valence-electron chi connectivity index (χ2n) is 13.1. The molecule has 1 aliphatic rings. The Bertz CT molecular complexity index is 2380. The van der Waals surface area contributed by atoms with Crippen LogP contribution in [-0.4, -0.2) is 66.2 Å². The highest BCUT2D eigenvalue weighted by molar-refractivity contribution is 7.99. The summed E-state index contributed by atoms with van der Waals surface area (Å²) in [6.45, 7) is 6.11. The van der Waals surface area contributed by atoms with Gasteiger partial charge < -0.3 is 10.2 Å². The van der Waals surface area contributed by atoms with Crippen LogP contribution < -0.4 is 14.9 Å². The van der Waals surface area contributed by atoms with E-state index in [1.807, 2.05) is 67.6 Å². The Hall–Kier alpha value is -5.21. The molecular weight excluding hydrogens is 742 g/mol. The van der Waals surface area contributed by atoms with Crippen molar-refractivity contribution in [1.29, 1.82) is 0 Å². The fraction of sp³-hybridized carbons (Fsp3) is 0.200. The zero-order valence-corrected chi connectivity index (χ0v) is 31.8. The predicted molar refractivity (Wildman–Crippen MR) is 218 cm³/mol. The molecule has 0 aliphatic carbocycles. The molecule has 1 fully saturated rings. The van der Waals surface area contributed by atoms with E-state index >= 15 is 0 Å². The number of nitro benzene ring substituents is 1. The topological polar surface area (TPSA) is 134 Å². The molecule has 7 rings (SSSR count). The van der Waals surface area contributed by atoms with Gasteiger partial charge in [-0.3, -0.25) is 19.7 Å². The highest BCUT2D eigenvalue weighted by Gasteiger charge is 2.24. The third kappa shape index (κ3) is 8.77. The highest BCUT2D eigenvalue weighted by atomic mass is 35.5. The zero-order chi connectivity index (χ0) is 37.7. The van der Waals surface area contributed by atoms with Gasteiger partial charge >= 0.3 is 0 Å². The van der Waals surface area contributed by atoms with Crippen LogP contribution in [0.25, 0.3) is 22.0 Å². The van der Waals surface area contributed by atoms with Crippen molar-refractivity contribution in [2.75, 3.05) is 46.9 Å². The molecule has 54 heavy (non-hydrogen) atoms. The van der Waals surface area contributed by atoms with E-state index < -0.39 is 14.9 Å². The summed E-state index contributed by atoms with van der Waals surface area (Å²) >= 11 is 7.75. The number of nitro groups is 1. The van der Waals surface area contributed by atoms with Crippen LogP contribution in [0.1, 0.15) is 12.5 Å². The van der Waals surface area contributed by atoms with Crippen molar-refractivity contribution in [3.05, 3.63) is 142 Å². The van der Waals surface area contributed by atoms with Gasteiger partial charge in [0.15, 0.2) is 5.82 Å². The number of fused-ring (bicyclic) bond motifs is 1. The monoisotopic (exact) mass is 779 g/mol. The van der Waals surface area contributed by atoms with Gasteiger partial charge in [0.1, 0.15) is 12.0 Å². The van der Waals surface area contributed by atoms with Gasteiger partial charge in [-0.25, -0.2) is 18.4 Å². The van der Waals surface area contributed by atoms with E-state index in [0.717, 1.165) is 54.9 Å². The number of halogens is 1. The van der Waals surface area contributed by atoms with E-state index in [9.17, 15) is 18.5 Å². The lowest BCUT2D eigenvalue weighted by atomic mass is 9.99. The fourth-order valence-corrected chi connectivity index (χ4v) is 8.53. The molecule has 0 saturated carbocycles. The summed E-state index contributed by atoms with van der Waals surface area (Å²) in [5.74, 6) is 0.745. The van der Waals surface area contributed by atoms with Crippen LogP contribution in [0, 0.1) is 10.1 Å². The molecule has 1 aromatic heterocycles. The summed E-state index contributed by atoms with van der Waals surface area (Å²) in [5, 5.41) is 16.4. The maximum atomic E-state index is 13.6. The van der Waals surface area contributed by atoms with Gasteiger partial charge in [0.2, 0.25) is 0 Å². The molecule has 11 nitrogen and oxygen atoms in total. The molecule has 5 aromatic carbocycles. The third-order valence-electron chi connectivity index (χ3n) is 9.28. The van der Waals surface area contributed by atoms with Crippen LogP contribution in [0.15, 0.2) is 131 Å². The molecule has 1 aliphatic heterocycles. The van der Waals surface area contributed by atoms with Gasteiger partial charge in [0.05, 0.1) is 15.3 Å². The van der Waals surface area contributed by atoms with Gasteiger partial charge in [0.25, 0.3) is 15.7 Å². The molecule has 0 bridgehead atoms.